The monoisotopic (exact) mass is 497 g/mol. The van der Waals surface area contributed by atoms with Gasteiger partial charge in [-0.3, -0.25) is 19.3 Å². The summed E-state index contributed by atoms with van der Waals surface area (Å²) in [7, 11) is 3.41. The van der Waals surface area contributed by atoms with Crippen molar-refractivity contribution in [2.24, 2.45) is 28.9 Å². The number of likely N-dealkylation sites (N-methyl/N-ethyl adjacent to an activating group) is 1. The van der Waals surface area contributed by atoms with Crippen LogP contribution < -0.4 is 11.1 Å². The summed E-state index contributed by atoms with van der Waals surface area (Å²) < 4.78 is 0. The quantitative estimate of drug-likeness (QED) is 0.295. The molecule has 6 N–H and O–H groups in total. The number of primary amides is 1. The Balaban J connectivity index is 1.86. The van der Waals surface area contributed by atoms with E-state index in [-0.39, 0.29) is 22.6 Å². The van der Waals surface area contributed by atoms with Crippen LogP contribution in [-0.4, -0.2) is 64.4 Å². The van der Waals surface area contributed by atoms with Gasteiger partial charge in [-0.2, -0.15) is 0 Å². The molecule has 1 aromatic rings. The van der Waals surface area contributed by atoms with E-state index in [1.165, 1.54) is 6.07 Å². The van der Waals surface area contributed by atoms with Crippen LogP contribution in [-0.2, 0) is 27.3 Å². The third kappa shape index (κ3) is 3.90. The van der Waals surface area contributed by atoms with Gasteiger partial charge in [0.15, 0.2) is 11.6 Å². The lowest BCUT2D eigenvalue weighted by molar-refractivity contribution is -0.138. The molecular weight excluding hydrogens is 462 g/mol. The van der Waals surface area contributed by atoms with Gasteiger partial charge in [0.1, 0.15) is 22.8 Å². The van der Waals surface area contributed by atoms with Crippen LogP contribution in [0.1, 0.15) is 43.9 Å². The molecule has 0 aromatic heterocycles. The van der Waals surface area contributed by atoms with Crippen molar-refractivity contribution in [3.63, 3.8) is 0 Å². The molecule has 9 nitrogen and oxygen atoms in total. The third-order valence-electron chi connectivity index (χ3n) is 7.82. The molecule has 9 heteroatoms. The zero-order chi connectivity index (χ0) is 26.7. The van der Waals surface area contributed by atoms with Crippen LogP contribution in [0.25, 0.3) is 5.76 Å². The second kappa shape index (κ2) is 9.05. The number of carbonyl (C=O) groups is 3. The summed E-state index contributed by atoms with van der Waals surface area (Å²) in [5.41, 5.74) is 5.94. The average Bonchev–Trinajstić information content (AvgIpc) is 2.73. The van der Waals surface area contributed by atoms with E-state index >= 15 is 0 Å². The Labute approximate surface area is 210 Å². The number of allylic oxidation sites excluding steroid dienone is 1. The van der Waals surface area contributed by atoms with Crippen LogP contribution in [0.2, 0.25) is 0 Å². The molecule has 0 bridgehead atoms. The van der Waals surface area contributed by atoms with Crippen LogP contribution in [0, 0.1) is 23.2 Å². The summed E-state index contributed by atoms with van der Waals surface area (Å²) in [4.78, 5) is 40.9. The number of hydrogen-bond donors (Lipinski definition) is 5. The Kier molecular flexibility index (Phi) is 6.51. The van der Waals surface area contributed by atoms with Crippen LogP contribution in [0.3, 0.4) is 0 Å². The number of nitrogens with one attached hydrogen (secondary N) is 1. The van der Waals surface area contributed by atoms with Crippen LogP contribution in [0.5, 0.6) is 5.75 Å². The maximum absolute atomic E-state index is 13.9. The van der Waals surface area contributed by atoms with Crippen LogP contribution in [0.15, 0.2) is 29.0 Å². The fourth-order valence-corrected chi connectivity index (χ4v) is 6.39. The number of nitrogens with two attached hydrogens (primary N) is 1. The van der Waals surface area contributed by atoms with Gasteiger partial charge in [-0.25, -0.2) is 0 Å². The summed E-state index contributed by atoms with van der Waals surface area (Å²) >= 11 is 0. The molecular formula is C27H35N3O6. The second-order valence-electron chi connectivity index (χ2n) is 11.2. The van der Waals surface area contributed by atoms with E-state index in [9.17, 15) is 29.7 Å². The summed E-state index contributed by atoms with van der Waals surface area (Å²) in [6, 6.07) is 2.55. The van der Waals surface area contributed by atoms with Crippen molar-refractivity contribution in [1.29, 1.82) is 0 Å². The van der Waals surface area contributed by atoms with E-state index in [0.717, 1.165) is 17.7 Å². The number of nitrogens with zero attached hydrogens (tertiary/aromatic N) is 1. The maximum atomic E-state index is 13.9. The number of aliphatic hydroxyl groups is 2. The molecule has 3 aliphatic rings. The van der Waals surface area contributed by atoms with E-state index in [2.05, 4.69) is 19.2 Å². The molecule has 0 aliphatic heterocycles. The highest BCUT2D eigenvalue weighted by Gasteiger charge is 2.59. The number of hydrogen-bond acceptors (Lipinski definition) is 8. The molecule has 4 unspecified atom stereocenters. The Bertz CT molecular complexity index is 1210. The van der Waals surface area contributed by atoms with Gasteiger partial charge < -0.3 is 26.4 Å². The second-order valence-corrected chi connectivity index (χ2v) is 11.2. The minimum atomic E-state index is -1.26. The van der Waals surface area contributed by atoms with Crippen molar-refractivity contribution < 1.29 is 29.7 Å². The first-order valence-electron chi connectivity index (χ1n) is 12.3. The molecule has 36 heavy (non-hydrogen) atoms. The number of phenols is 1. The number of aromatic hydroxyl groups is 1. The number of fused-ring (bicyclic) bond motifs is 3. The van der Waals surface area contributed by atoms with Crippen molar-refractivity contribution in [2.75, 3.05) is 20.6 Å². The van der Waals surface area contributed by atoms with E-state index in [1.807, 2.05) is 13.0 Å². The normalized spacial score (nSPS) is 27.9. The zero-order valence-corrected chi connectivity index (χ0v) is 21.4. The predicted molar refractivity (Wildman–Crippen MR) is 134 cm³/mol. The molecule has 3 aliphatic carbocycles. The molecule has 1 amide bonds. The third-order valence-corrected chi connectivity index (χ3v) is 7.82. The molecule has 194 valence electrons. The van der Waals surface area contributed by atoms with Gasteiger partial charge in [-0.05, 0) is 62.5 Å². The highest BCUT2D eigenvalue weighted by Crippen LogP contribution is 2.56. The number of Topliss-reactive ketones (excluding diaryl/α,β-unsaturated/α-hetero) is 2. The van der Waals surface area contributed by atoms with Gasteiger partial charge >= 0.3 is 0 Å². The van der Waals surface area contributed by atoms with Gasteiger partial charge in [-0.15, -0.1) is 0 Å². The zero-order valence-electron chi connectivity index (χ0n) is 21.4. The first-order chi connectivity index (χ1) is 16.8. The predicted octanol–water partition coefficient (Wildman–Crippen LogP) is 1.98. The number of benzene rings is 1. The van der Waals surface area contributed by atoms with E-state index in [4.69, 9.17) is 5.73 Å². The SMILES string of the molecule is CC(C)CNCc1ccc(O)c2c1CC1(C)CC3C(C(=O)C(C(N)=O)=C(O)C3N(C)C)C(=O)C1=C2O. The van der Waals surface area contributed by atoms with E-state index in [1.54, 1.807) is 19.0 Å². The molecule has 4 atom stereocenters. The molecule has 1 saturated carbocycles. The van der Waals surface area contributed by atoms with Gasteiger partial charge in [0.2, 0.25) is 0 Å². The Hall–Kier alpha value is -3.17. The molecule has 1 aromatic carbocycles. The lowest BCUT2D eigenvalue weighted by Gasteiger charge is -2.50. The standard InChI is InChI=1S/C27H35N3O6/c1-12(2)10-29-11-13-6-7-16(31)17-14(13)8-27(3)9-15-18(24(34)20(27)23(17)33)22(32)19(26(28)36)25(35)21(15)30(4)5/h6-7,12,15,18,21,29,31,33,35H,8-11H2,1-5H3,(H2,28,36). The maximum Gasteiger partial charge on any atom is 0.255 e. The van der Waals surface area contributed by atoms with Gasteiger partial charge in [0, 0.05) is 17.5 Å². The summed E-state index contributed by atoms with van der Waals surface area (Å²) in [6.45, 7) is 7.40. The average molecular weight is 498 g/mol. The van der Waals surface area contributed by atoms with Gasteiger partial charge in [0.05, 0.1) is 17.5 Å². The number of rotatable bonds is 6. The Morgan fingerprint density at radius 3 is 2.44 bits per heavy atom. The largest absolute Gasteiger partial charge is 0.510 e. The summed E-state index contributed by atoms with van der Waals surface area (Å²) in [6.07, 6.45) is 0.673. The number of aliphatic hydroxyl groups excluding tert-OH is 2. The molecule has 1 fully saturated rings. The number of amides is 1. The molecule has 0 heterocycles. The minimum Gasteiger partial charge on any atom is -0.510 e. The van der Waals surface area contributed by atoms with E-state index < -0.39 is 52.1 Å². The van der Waals surface area contributed by atoms with Crippen LogP contribution >= 0.6 is 0 Å². The van der Waals surface area contributed by atoms with Crippen LogP contribution in [0.4, 0.5) is 0 Å². The fourth-order valence-electron chi connectivity index (χ4n) is 6.39. The fraction of sp³-hybridized carbons (Fsp3) is 0.519. The number of carbonyl (C=O) groups excluding carboxylic acids is 3. The number of phenolic OH excluding ortho intramolecular Hbond substituents is 1. The lowest BCUT2D eigenvalue weighted by atomic mass is 9.53. The smallest absolute Gasteiger partial charge is 0.255 e. The first kappa shape index (κ1) is 25.9. The number of ketones is 2. The molecule has 0 spiro atoms. The summed E-state index contributed by atoms with van der Waals surface area (Å²) in [5.74, 6) is -4.84. The van der Waals surface area contributed by atoms with Crippen molar-refractivity contribution in [1.82, 2.24) is 10.2 Å². The van der Waals surface area contributed by atoms with Crippen molar-refractivity contribution in [3.05, 3.63) is 45.7 Å². The van der Waals surface area contributed by atoms with Crippen molar-refractivity contribution >= 4 is 23.2 Å². The Morgan fingerprint density at radius 1 is 1.19 bits per heavy atom. The molecule has 0 radical (unpaired) electrons. The van der Waals surface area contributed by atoms with Crippen molar-refractivity contribution in [3.8, 4) is 5.75 Å². The Morgan fingerprint density at radius 2 is 1.86 bits per heavy atom. The lowest BCUT2D eigenvalue weighted by Crippen LogP contribution is -2.57. The molecule has 0 saturated heterocycles. The minimum absolute atomic E-state index is 0.0786. The highest BCUT2D eigenvalue weighted by molar-refractivity contribution is 6.28. The van der Waals surface area contributed by atoms with E-state index in [0.29, 0.717) is 25.3 Å². The first-order valence-corrected chi connectivity index (χ1v) is 12.3. The topological polar surface area (TPSA) is 153 Å². The highest BCUT2D eigenvalue weighted by atomic mass is 16.3. The van der Waals surface area contributed by atoms with Crippen molar-refractivity contribution in [2.45, 2.75) is 46.2 Å². The molecule has 4 rings (SSSR count). The van der Waals surface area contributed by atoms with Gasteiger partial charge in [0.25, 0.3) is 5.91 Å². The van der Waals surface area contributed by atoms with Gasteiger partial charge in [-0.1, -0.05) is 26.8 Å². The summed E-state index contributed by atoms with van der Waals surface area (Å²) in [5, 5.41) is 36.3.